The van der Waals surface area contributed by atoms with Crippen molar-refractivity contribution in [2.75, 3.05) is 5.32 Å². The highest BCUT2D eigenvalue weighted by molar-refractivity contribution is 5.83. The lowest BCUT2D eigenvalue weighted by Gasteiger charge is -2.07. The van der Waals surface area contributed by atoms with Gasteiger partial charge in [-0.1, -0.05) is 18.7 Å². The third kappa shape index (κ3) is 5.79. The van der Waals surface area contributed by atoms with Gasteiger partial charge in [0.1, 0.15) is 22.9 Å². The van der Waals surface area contributed by atoms with E-state index in [-0.39, 0.29) is 0 Å². The number of fused-ring (bicyclic) bond motifs is 2. The number of pyridine rings is 4. The van der Waals surface area contributed by atoms with Gasteiger partial charge in [0.2, 0.25) is 12.1 Å². The Balaban J connectivity index is 0.000000154. The first-order valence-corrected chi connectivity index (χ1v) is 15.3. The molecular weight excluding hydrogens is 616 g/mol. The zero-order chi connectivity index (χ0) is 34.1. The highest BCUT2D eigenvalue weighted by Gasteiger charge is 2.19. The number of aromatic amines is 2. The Morgan fingerprint density at radius 2 is 1.24 bits per heavy atom. The van der Waals surface area contributed by atoms with Crippen molar-refractivity contribution in [1.29, 1.82) is 0 Å². The number of carbonyl (C=O) groups is 1. The molecule has 49 heavy (non-hydrogen) atoms. The van der Waals surface area contributed by atoms with Crippen molar-refractivity contribution in [3.05, 3.63) is 120 Å². The number of hydrogen-bond donors (Lipinski definition) is 3. The largest absolute Gasteiger partial charge is 0.362 e. The first-order chi connectivity index (χ1) is 23.8. The molecule has 13 nitrogen and oxygen atoms in total. The second-order valence-corrected chi connectivity index (χ2v) is 11.4. The quantitative estimate of drug-likeness (QED) is 0.131. The molecule has 0 aliphatic heterocycles. The summed E-state index contributed by atoms with van der Waals surface area (Å²) in [5, 5.41) is 17.6. The van der Waals surface area contributed by atoms with E-state index in [1.807, 2.05) is 105 Å². The van der Waals surface area contributed by atoms with Crippen LogP contribution in [0.3, 0.4) is 0 Å². The molecule has 8 rings (SSSR count). The smallest absolute Gasteiger partial charge is 0.254 e. The Hall–Kier alpha value is -6.94. The molecule has 0 spiro atoms. The van der Waals surface area contributed by atoms with Crippen LogP contribution >= 0.6 is 0 Å². The minimum atomic E-state index is 0.489. The molecule has 1 amide bonds. The van der Waals surface area contributed by atoms with Gasteiger partial charge < -0.3 is 10.2 Å². The summed E-state index contributed by atoms with van der Waals surface area (Å²) in [5.74, 6) is 1.10. The minimum Gasteiger partial charge on any atom is -0.362 e. The van der Waals surface area contributed by atoms with E-state index in [4.69, 9.17) is 6.57 Å². The average molecular weight is 647 g/mol. The van der Waals surface area contributed by atoms with Crippen LogP contribution in [-0.2, 0) is 4.79 Å². The van der Waals surface area contributed by atoms with E-state index >= 15 is 0 Å². The van der Waals surface area contributed by atoms with Gasteiger partial charge in [-0.3, -0.25) is 29.4 Å². The molecule has 0 atom stereocenters. The fourth-order valence-electron chi connectivity index (χ4n) is 5.78. The lowest BCUT2D eigenvalue weighted by atomic mass is 10.0. The lowest BCUT2D eigenvalue weighted by molar-refractivity contribution is -0.105. The van der Waals surface area contributed by atoms with Crippen LogP contribution in [0, 0.1) is 34.3 Å². The van der Waals surface area contributed by atoms with Gasteiger partial charge in [-0.2, -0.15) is 10.2 Å². The molecule has 13 heteroatoms. The summed E-state index contributed by atoms with van der Waals surface area (Å²) in [6, 6.07) is 19.6. The van der Waals surface area contributed by atoms with Crippen LogP contribution in [0.5, 0.6) is 0 Å². The van der Waals surface area contributed by atoms with Crippen LogP contribution in [0.1, 0.15) is 22.8 Å². The normalized spacial score (nSPS) is 10.9. The maximum atomic E-state index is 10.8. The fraction of sp³-hybridized carbons (Fsp3) is 0.111. The van der Waals surface area contributed by atoms with Crippen molar-refractivity contribution < 1.29 is 4.79 Å². The molecule has 0 radical (unpaired) electrons. The number of hydrogen-bond acceptors (Lipinski definition) is 7. The molecule has 0 saturated heterocycles. The molecule has 8 aromatic rings. The average Bonchev–Trinajstić information content (AvgIpc) is 3.90. The molecule has 0 unspecified atom stereocenters. The van der Waals surface area contributed by atoms with Crippen LogP contribution < -0.4 is 5.32 Å². The van der Waals surface area contributed by atoms with E-state index in [0.717, 1.165) is 79.1 Å². The summed E-state index contributed by atoms with van der Waals surface area (Å²) in [6.07, 6.45) is 7.70. The van der Waals surface area contributed by atoms with Crippen molar-refractivity contribution >= 4 is 29.3 Å². The van der Waals surface area contributed by atoms with Crippen LogP contribution in [0.15, 0.2) is 85.5 Å². The lowest BCUT2D eigenvalue weighted by Crippen LogP contribution is -1.98. The molecule has 0 fully saturated rings. The van der Waals surface area contributed by atoms with Crippen LogP contribution in [-0.4, -0.2) is 55.5 Å². The van der Waals surface area contributed by atoms with E-state index in [0.29, 0.717) is 18.0 Å². The predicted molar refractivity (Wildman–Crippen MR) is 187 cm³/mol. The number of amides is 1. The summed E-state index contributed by atoms with van der Waals surface area (Å²) in [4.78, 5) is 32.0. The molecule has 0 bridgehead atoms. The van der Waals surface area contributed by atoms with E-state index in [1.54, 1.807) is 16.8 Å². The number of nitrogens with one attached hydrogen (secondary N) is 3. The first kappa shape index (κ1) is 30.7. The Kier molecular flexibility index (Phi) is 7.95. The third-order valence-corrected chi connectivity index (χ3v) is 8.05. The van der Waals surface area contributed by atoms with E-state index in [2.05, 4.69) is 50.5 Å². The third-order valence-electron chi connectivity index (χ3n) is 8.05. The Morgan fingerprint density at radius 1 is 0.714 bits per heavy atom. The van der Waals surface area contributed by atoms with Gasteiger partial charge in [0.25, 0.3) is 5.82 Å². The number of carbonyl (C=O) groups excluding carboxylic acids is 1. The maximum absolute atomic E-state index is 10.8. The van der Waals surface area contributed by atoms with Gasteiger partial charge in [0, 0.05) is 57.3 Å². The standard InChI is InChI=1S/C18H16N6O.C18H14N6/c1-11-4-3-5-14(21-11)18-17(12(2)22-23-18)13-6-7-15-19-8-16(20-10-25)24(15)9-13;1-11-5-4-6-14(21-11)18-17(12(2)22-23-18)13-7-8-15-20-9-16(19-3)24(15)10-13/h3-10H,1-2H3,(H,20,25)(H,22,23);4-10H,1-2H3,(H,22,23). The molecule has 3 N–H and O–H groups in total. The number of anilines is 1. The predicted octanol–water partition coefficient (Wildman–Crippen LogP) is 6.93. The highest BCUT2D eigenvalue weighted by atomic mass is 16.1. The summed E-state index contributed by atoms with van der Waals surface area (Å²) >= 11 is 0. The molecule has 8 aromatic heterocycles. The van der Waals surface area contributed by atoms with Gasteiger partial charge in [0.05, 0.1) is 30.0 Å². The zero-order valence-electron chi connectivity index (χ0n) is 27.1. The molecular formula is C36H30N12O. The van der Waals surface area contributed by atoms with Gasteiger partial charge in [-0.05, 0) is 70.2 Å². The van der Waals surface area contributed by atoms with E-state index in [9.17, 15) is 4.79 Å². The van der Waals surface area contributed by atoms with Crippen molar-refractivity contribution in [3.63, 3.8) is 0 Å². The number of aryl methyl sites for hydroxylation is 4. The molecule has 0 saturated carbocycles. The number of rotatable bonds is 6. The van der Waals surface area contributed by atoms with Gasteiger partial charge in [0.15, 0.2) is 0 Å². The summed E-state index contributed by atoms with van der Waals surface area (Å²) in [5.41, 5.74) is 12.4. The van der Waals surface area contributed by atoms with E-state index < -0.39 is 0 Å². The first-order valence-electron chi connectivity index (χ1n) is 15.3. The molecule has 240 valence electrons. The van der Waals surface area contributed by atoms with Gasteiger partial charge in [-0.15, -0.1) is 0 Å². The van der Waals surface area contributed by atoms with Crippen molar-refractivity contribution in [3.8, 4) is 45.0 Å². The van der Waals surface area contributed by atoms with Crippen molar-refractivity contribution in [2.24, 2.45) is 0 Å². The maximum Gasteiger partial charge on any atom is 0.254 e. The van der Waals surface area contributed by atoms with Gasteiger partial charge >= 0.3 is 0 Å². The number of H-pyrrole nitrogens is 2. The fourth-order valence-corrected chi connectivity index (χ4v) is 5.78. The minimum absolute atomic E-state index is 0.489. The summed E-state index contributed by atoms with van der Waals surface area (Å²) in [6.45, 7) is 15.1. The van der Waals surface area contributed by atoms with Crippen LogP contribution in [0.4, 0.5) is 11.6 Å². The molecule has 0 aliphatic carbocycles. The monoisotopic (exact) mass is 646 g/mol. The topological polar surface area (TPSA) is 151 Å². The molecule has 0 aliphatic rings. The molecule has 0 aromatic carbocycles. The Labute approximate surface area is 280 Å². The highest BCUT2D eigenvalue weighted by Crippen LogP contribution is 2.34. The second-order valence-electron chi connectivity index (χ2n) is 11.4. The Morgan fingerprint density at radius 3 is 1.78 bits per heavy atom. The summed E-state index contributed by atoms with van der Waals surface area (Å²) in [7, 11) is 0. The number of nitrogens with zero attached hydrogens (tertiary/aromatic N) is 9. The SMILES string of the molecule is Cc1cccc(-c2n[nH]c(C)c2-c2ccc3ncc(NC=O)n3c2)n1.[C-]#[N+]c1cnc2ccc(-c3c(-c4cccc(C)n4)n[nH]c3C)cn12. The van der Waals surface area contributed by atoms with Gasteiger partial charge in [-0.25, -0.2) is 14.4 Å². The van der Waals surface area contributed by atoms with Crippen LogP contribution in [0.25, 0.3) is 61.2 Å². The summed E-state index contributed by atoms with van der Waals surface area (Å²) < 4.78 is 3.63. The Bertz CT molecular complexity index is 2530. The zero-order valence-corrected chi connectivity index (χ0v) is 27.1. The van der Waals surface area contributed by atoms with Crippen molar-refractivity contribution in [2.45, 2.75) is 27.7 Å². The van der Waals surface area contributed by atoms with E-state index in [1.165, 1.54) is 0 Å². The number of aromatic nitrogens is 10. The second kappa shape index (κ2) is 12.7. The number of imidazole rings is 2. The van der Waals surface area contributed by atoms with Crippen LogP contribution in [0.2, 0.25) is 0 Å². The van der Waals surface area contributed by atoms with Crippen molar-refractivity contribution in [1.82, 2.24) is 49.1 Å². The molecule has 8 heterocycles.